The summed E-state index contributed by atoms with van der Waals surface area (Å²) in [6.07, 6.45) is 3.09. The number of hydrogen-bond acceptors (Lipinski definition) is 6. The average Bonchev–Trinajstić information content (AvgIpc) is 3.34. The third-order valence-corrected chi connectivity index (χ3v) is 6.00. The number of nitrogens with two attached hydrogens (primary N) is 1. The van der Waals surface area contributed by atoms with Crippen LogP contribution in [-0.4, -0.2) is 42.0 Å². The molecule has 2 aliphatic heterocycles. The molecule has 0 spiro atoms. The number of fused-ring (bicyclic) bond motifs is 2. The van der Waals surface area contributed by atoms with Crippen molar-refractivity contribution in [2.75, 3.05) is 24.8 Å². The van der Waals surface area contributed by atoms with Gasteiger partial charge in [0.05, 0.1) is 11.7 Å². The smallest absolute Gasteiger partial charge is 0.252 e. The first-order chi connectivity index (χ1) is 13.6. The summed E-state index contributed by atoms with van der Waals surface area (Å²) in [7, 11) is 0. The van der Waals surface area contributed by atoms with Gasteiger partial charge in [-0.1, -0.05) is 6.07 Å². The topological polar surface area (TPSA) is 97.9 Å². The Morgan fingerprint density at radius 1 is 1.21 bits per heavy atom. The van der Waals surface area contributed by atoms with Crippen LogP contribution in [0.25, 0.3) is 0 Å². The Bertz CT molecular complexity index is 945. The molecule has 3 aliphatic rings. The van der Waals surface area contributed by atoms with E-state index in [1.54, 1.807) is 0 Å². The van der Waals surface area contributed by atoms with E-state index in [-0.39, 0.29) is 12.7 Å². The first kappa shape index (κ1) is 17.3. The molecule has 1 fully saturated rings. The van der Waals surface area contributed by atoms with Crippen LogP contribution < -0.4 is 20.1 Å². The second kappa shape index (κ2) is 6.67. The molecule has 0 saturated carbocycles. The van der Waals surface area contributed by atoms with E-state index in [9.17, 15) is 9.90 Å². The number of carbonyl (C=O) groups is 1. The van der Waals surface area contributed by atoms with Gasteiger partial charge in [0.2, 0.25) is 6.79 Å². The molecule has 3 N–H and O–H groups in total. The van der Waals surface area contributed by atoms with Crippen LogP contribution in [0.3, 0.4) is 0 Å². The highest BCUT2D eigenvalue weighted by molar-refractivity contribution is 5.98. The number of aliphatic hydroxyl groups is 1. The Kier molecular flexibility index (Phi) is 4.12. The van der Waals surface area contributed by atoms with Crippen LogP contribution in [-0.2, 0) is 12.8 Å². The van der Waals surface area contributed by atoms with Crippen LogP contribution >= 0.6 is 0 Å². The fourth-order valence-electron chi connectivity index (χ4n) is 4.54. The zero-order valence-corrected chi connectivity index (χ0v) is 15.6. The summed E-state index contributed by atoms with van der Waals surface area (Å²) >= 11 is 0. The van der Waals surface area contributed by atoms with Crippen molar-refractivity contribution in [1.82, 2.24) is 4.98 Å². The summed E-state index contributed by atoms with van der Waals surface area (Å²) < 4.78 is 10.8. The highest BCUT2D eigenvalue weighted by Gasteiger charge is 2.33. The van der Waals surface area contributed by atoms with Gasteiger partial charge in [0, 0.05) is 24.7 Å². The molecule has 5 rings (SSSR count). The second-order valence-electron chi connectivity index (χ2n) is 7.70. The molecule has 0 unspecified atom stereocenters. The summed E-state index contributed by atoms with van der Waals surface area (Å²) in [5, 5.41) is 10.9. The van der Waals surface area contributed by atoms with E-state index in [1.807, 2.05) is 29.2 Å². The lowest BCUT2D eigenvalue weighted by atomic mass is 9.86. The molecular weight excluding hydrogens is 358 g/mol. The Labute approximate surface area is 163 Å². The van der Waals surface area contributed by atoms with Gasteiger partial charge in [-0.2, -0.15) is 0 Å². The number of benzene rings is 1. The molecule has 0 bridgehead atoms. The number of anilines is 1. The Morgan fingerprint density at radius 3 is 2.89 bits per heavy atom. The first-order valence-electron chi connectivity index (χ1n) is 9.75. The molecule has 2 aromatic rings. The fraction of sp³-hybridized carbons (Fsp3) is 0.429. The lowest BCUT2D eigenvalue weighted by Crippen LogP contribution is -2.44. The predicted octanol–water partition coefficient (Wildman–Crippen LogP) is 1.75. The molecule has 7 heteroatoms. The molecule has 1 aromatic heterocycles. The zero-order chi connectivity index (χ0) is 19.3. The Balaban J connectivity index is 1.40. The maximum atomic E-state index is 12.0. The van der Waals surface area contributed by atoms with Gasteiger partial charge in [0.1, 0.15) is 5.82 Å². The summed E-state index contributed by atoms with van der Waals surface area (Å²) in [5.74, 6) is 1.60. The van der Waals surface area contributed by atoms with Crippen molar-refractivity contribution in [3.8, 4) is 11.5 Å². The minimum atomic E-state index is -0.579. The Morgan fingerprint density at radius 2 is 2.07 bits per heavy atom. The molecule has 1 saturated heterocycles. The maximum Gasteiger partial charge on any atom is 0.252 e. The van der Waals surface area contributed by atoms with Crippen molar-refractivity contribution in [3.63, 3.8) is 0 Å². The average molecular weight is 381 g/mol. The first-order valence-corrected chi connectivity index (χ1v) is 9.75. The van der Waals surface area contributed by atoms with E-state index in [0.29, 0.717) is 24.5 Å². The van der Waals surface area contributed by atoms with Gasteiger partial charge in [0.15, 0.2) is 11.5 Å². The molecule has 1 amide bonds. The quantitative estimate of drug-likeness (QED) is 0.841. The van der Waals surface area contributed by atoms with E-state index in [0.717, 1.165) is 54.0 Å². The number of aromatic nitrogens is 1. The van der Waals surface area contributed by atoms with Crippen LogP contribution in [0.2, 0.25) is 0 Å². The van der Waals surface area contributed by atoms with Gasteiger partial charge in [0.25, 0.3) is 5.91 Å². The van der Waals surface area contributed by atoms with Crippen molar-refractivity contribution in [2.24, 2.45) is 5.73 Å². The van der Waals surface area contributed by atoms with Gasteiger partial charge < -0.3 is 25.2 Å². The second-order valence-corrected chi connectivity index (χ2v) is 7.70. The van der Waals surface area contributed by atoms with E-state index >= 15 is 0 Å². The number of pyridine rings is 1. The summed E-state index contributed by atoms with van der Waals surface area (Å²) in [6.45, 7) is 1.34. The number of nitrogens with zero attached hydrogens (tertiary/aromatic N) is 2. The van der Waals surface area contributed by atoms with Crippen LogP contribution in [0.5, 0.6) is 11.5 Å². The molecule has 1 aromatic carbocycles. The number of β-amino-alcohol motifs (C(OH)–C–C–N with tert-alkyl or cyclic N) is 1. The number of piperidine rings is 1. The SMILES string of the molecule is NC(=O)c1cc2c(nc1N1CC[C@@H](c3ccc4c(c3)OCO4)[C@H](O)C1)CCC2. The minimum absolute atomic E-state index is 0.00259. The van der Waals surface area contributed by atoms with Crippen LogP contribution in [0.4, 0.5) is 5.82 Å². The summed E-state index contributed by atoms with van der Waals surface area (Å²) in [6, 6.07) is 7.72. The number of aryl methyl sites for hydroxylation is 2. The standard InChI is InChI=1S/C21H23N3O4/c22-20(26)15-8-13-2-1-3-16(13)23-21(15)24-7-6-14(17(25)10-24)12-4-5-18-19(9-12)28-11-27-18/h4-5,8-9,14,17,25H,1-3,6-7,10-11H2,(H2,22,26)/t14-,17+/m0/s1. The van der Waals surface area contributed by atoms with Gasteiger partial charge in [-0.15, -0.1) is 0 Å². The predicted molar refractivity (Wildman–Crippen MR) is 103 cm³/mol. The van der Waals surface area contributed by atoms with Crippen LogP contribution in [0.1, 0.15) is 45.9 Å². The highest BCUT2D eigenvalue weighted by Crippen LogP contribution is 2.38. The lowest BCUT2D eigenvalue weighted by molar-refractivity contribution is 0.0998. The van der Waals surface area contributed by atoms with E-state index in [1.165, 1.54) is 0 Å². The van der Waals surface area contributed by atoms with Gasteiger partial charge in [-0.05, 0) is 55.0 Å². The van der Waals surface area contributed by atoms with E-state index in [2.05, 4.69) is 0 Å². The van der Waals surface area contributed by atoms with Crippen molar-refractivity contribution in [1.29, 1.82) is 0 Å². The molecule has 7 nitrogen and oxygen atoms in total. The molecule has 3 heterocycles. The number of primary amides is 1. The van der Waals surface area contributed by atoms with Crippen molar-refractivity contribution in [2.45, 2.75) is 37.7 Å². The number of rotatable bonds is 3. The third kappa shape index (κ3) is 2.86. The third-order valence-electron chi connectivity index (χ3n) is 6.00. The molecule has 146 valence electrons. The Hall–Kier alpha value is -2.80. The van der Waals surface area contributed by atoms with E-state index in [4.69, 9.17) is 20.2 Å². The number of aliphatic hydroxyl groups excluding tert-OH is 1. The lowest BCUT2D eigenvalue weighted by Gasteiger charge is -2.37. The molecule has 28 heavy (non-hydrogen) atoms. The number of carbonyl (C=O) groups excluding carboxylic acids is 1. The number of hydrogen-bond donors (Lipinski definition) is 2. The monoisotopic (exact) mass is 381 g/mol. The minimum Gasteiger partial charge on any atom is -0.454 e. The molecule has 0 radical (unpaired) electrons. The summed E-state index contributed by atoms with van der Waals surface area (Å²) in [5.41, 5.74) is 9.28. The normalized spacial score (nSPS) is 23.0. The number of amides is 1. The molecule has 1 aliphatic carbocycles. The highest BCUT2D eigenvalue weighted by atomic mass is 16.7. The van der Waals surface area contributed by atoms with Crippen molar-refractivity contribution in [3.05, 3.63) is 46.6 Å². The van der Waals surface area contributed by atoms with Gasteiger partial charge >= 0.3 is 0 Å². The van der Waals surface area contributed by atoms with Crippen LogP contribution in [0.15, 0.2) is 24.3 Å². The van der Waals surface area contributed by atoms with Gasteiger partial charge in [-0.25, -0.2) is 4.98 Å². The molecule has 2 atom stereocenters. The van der Waals surface area contributed by atoms with Crippen molar-refractivity contribution < 1.29 is 19.4 Å². The largest absolute Gasteiger partial charge is 0.454 e. The maximum absolute atomic E-state index is 12.0. The van der Waals surface area contributed by atoms with Gasteiger partial charge in [-0.3, -0.25) is 4.79 Å². The molecular formula is C21H23N3O4. The van der Waals surface area contributed by atoms with Crippen molar-refractivity contribution >= 4 is 11.7 Å². The fourth-order valence-corrected chi connectivity index (χ4v) is 4.54. The summed E-state index contributed by atoms with van der Waals surface area (Å²) in [4.78, 5) is 18.8. The zero-order valence-electron chi connectivity index (χ0n) is 15.6. The van der Waals surface area contributed by atoms with E-state index < -0.39 is 12.0 Å². The van der Waals surface area contributed by atoms with Crippen LogP contribution in [0, 0.1) is 0 Å². The number of ether oxygens (including phenoxy) is 2.